The molecule has 1 saturated heterocycles. The lowest BCUT2D eigenvalue weighted by molar-refractivity contribution is 0.0966. The summed E-state index contributed by atoms with van der Waals surface area (Å²) in [6, 6.07) is 31.0. The van der Waals surface area contributed by atoms with Crippen LogP contribution in [0.2, 0.25) is 0 Å². The van der Waals surface area contributed by atoms with Crippen molar-refractivity contribution >= 4 is 34.3 Å². The van der Waals surface area contributed by atoms with E-state index in [9.17, 15) is 13.2 Å². The molecule has 2 atom stereocenters. The molecule has 1 aliphatic heterocycles. The average Bonchev–Trinajstić information content (AvgIpc) is 3.42. The number of nitrogens with zero attached hydrogens (tertiary/aromatic N) is 3. The van der Waals surface area contributed by atoms with E-state index in [2.05, 4.69) is 48.1 Å². The fourth-order valence-electron chi connectivity index (χ4n) is 4.94. The van der Waals surface area contributed by atoms with E-state index < -0.39 is 21.0 Å². The van der Waals surface area contributed by atoms with E-state index in [0.29, 0.717) is 19.4 Å². The third-order valence-corrected chi connectivity index (χ3v) is 9.93. The van der Waals surface area contributed by atoms with Gasteiger partial charge in [-0.25, -0.2) is 4.79 Å². The maximum atomic E-state index is 13.1. The summed E-state index contributed by atoms with van der Waals surface area (Å²) in [6.45, 7) is 4.21. The number of carbonyl (C=O) groups excluding carboxylic acids is 1. The quantitative estimate of drug-likeness (QED) is 0.124. The molecule has 1 amide bonds. The number of oxime groups is 1. The Hall–Kier alpha value is -3.64. The van der Waals surface area contributed by atoms with Crippen LogP contribution in [0.1, 0.15) is 29.5 Å². The first kappa shape index (κ1) is 31.3. The van der Waals surface area contributed by atoms with E-state index in [-0.39, 0.29) is 17.9 Å². The van der Waals surface area contributed by atoms with Crippen molar-refractivity contribution in [2.24, 2.45) is 5.16 Å². The molecule has 1 aliphatic rings. The van der Waals surface area contributed by atoms with Crippen LogP contribution < -0.4 is 4.89 Å². The second-order valence-electron chi connectivity index (χ2n) is 9.91. The Balaban J connectivity index is 1.64. The maximum Gasteiger partial charge on any atom is 0.410 e. The first-order chi connectivity index (χ1) is 20.3. The molecule has 3 aromatic carbocycles. The minimum Gasteiger partial charge on any atom is -0.445 e. The molecule has 9 nitrogen and oxygen atoms in total. The van der Waals surface area contributed by atoms with E-state index >= 15 is 0 Å². The van der Waals surface area contributed by atoms with E-state index in [1.165, 1.54) is 26.4 Å². The van der Waals surface area contributed by atoms with Gasteiger partial charge < -0.3 is 9.64 Å². The molecule has 0 radical (unpaired) electrons. The molecule has 42 heavy (non-hydrogen) atoms. The highest BCUT2D eigenvalue weighted by molar-refractivity contribution is 8.01. The van der Waals surface area contributed by atoms with Crippen LogP contribution in [-0.2, 0) is 24.6 Å². The Morgan fingerprint density at radius 3 is 2.02 bits per heavy atom. The van der Waals surface area contributed by atoms with E-state index in [4.69, 9.17) is 9.68 Å². The normalized spacial score (nSPS) is 17.5. The summed E-state index contributed by atoms with van der Waals surface area (Å²) < 4.78 is 29.6. The molecule has 4 rings (SSSR count). The van der Waals surface area contributed by atoms with E-state index in [0.717, 1.165) is 21.0 Å². The minimum atomic E-state index is -3.79. The van der Waals surface area contributed by atoms with Crippen LogP contribution in [0.4, 0.5) is 4.79 Å². The number of nitrogens with one attached hydrogen (secondary N) is 1. The number of likely N-dealkylation sites (tertiary alicyclic amines) is 1. The summed E-state index contributed by atoms with van der Waals surface area (Å²) in [5.41, 5.74) is 3.42. The highest BCUT2D eigenvalue weighted by Gasteiger charge is 2.44. The van der Waals surface area contributed by atoms with Crippen molar-refractivity contribution in [2.75, 3.05) is 27.2 Å². The zero-order valence-corrected chi connectivity index (χ0v) is 25.3. The van der Waals surface area contributed by atoms with E-state index in [1.807, 2.05) is 71.2 Å². The fraction of sp³-hybridized carbons (Fsp3) is 0.290. The second kappa shape index (κ2) is 14.5. The third kappa shape index (κ3) is 7.40. The van der Waals surface area contributed by atoms with Crippen LogP contribution >= 0.6 is 11.8 Å². The van der Waals surface area contributed by atoms with Gasteiger partial charge in [0.15, 0.2) is 0 Å². The van der Waals surface area contributed by atoms with Gasteiger partial charge in [0.25, 0.3) is 0 Å². The van der Waals surface area contributed by atoms with Gasteiger partial charge in [-0.2, -0.15) is 12.7 Å². The zero-order chi connectivity index (χ0) is 30.0. The Bertz CT molecular complexity index is 1340. The summed E-state index contributed by atoms with van der Waals surface area (Å²) in [5, 5.41) is 3.79. The van der Waals surface area contributed by atoms with Gasteiger partial charge in [-0.15, -0.1) is 11.8 Å². The summed E-state index contributed by atoms with van der Waals surface area (Å²) in [4.78, 5) is 21.5. The Morgan fingerprint density at radius 1 is 1.02 bits per heavy atom. The lowest BCUT2D eigenvalue weighted by atomic mass is 9.84. The van der Waals surface area contributed by atoms with Crippen LogP contribution in [0.25, 0.3) is 0 Å². The van der Waals surface area contributed by atoms with Gasteiger partial charge in [-0.1, -0.05) is 109 Å². The minimum absolute atomic E-state index is 0.0356. The van der Waals surface area contributed by atoms with Gasteiger partial charge in [0.1, 0.15) is 6.61 Å². The highest BCUT2D eigenvalue weighted by atomic mass is 32.2. The van der Waals surface area contributed by atoms with Crippen LogP contribution in [0, 0.1) is 0 Å². The predicted molar refractivity (Wildman–Crippen MR) is 167 cm³/mol. The molecule has 222 valence electrons. The van der Waals surface area contributed by atoms with Gasteiger partial charge in [-0.3, -0.25) is 4.94 Å². The van der Waals surface area contributed by atoms with Gasteiger partial charge in [0.2, 0.25) is 0 Å². The molecule has 0 unspecified atom stereocenters. The molecule has 0 aliphatic carbocycles. The monoisotopic (exact) mass is 608 g/mol. The van der Waals surface area contributed by atoms with Crippen molar-refractivity contribution in [1.82, 2.24) is 14.1 Å². The summed E-state index contributed by atoms with van der Waals surface area (Å²) >= 11 is 1.82. The first-order valence-electron chi connectivity index (χ1n) is 13.5. The van der Waals surface area contributed by atoms with Crippen LogP contribution in [0.5, 0.6) is 0 Å². The van der Waals surface area contributed by atoms with Crippen LogP contribution in [0.15, 0.2) is 109 Å². The molecule has 0 saturated carbocycles. The van der Waals surface area contributed by atoms with Gasteiger partial charge in [-0.05, 0) is 28.0 Å². The zero-order valence-electron chi connectivity index (χ0n) is 23.7. The number of thioether (sulfide) groups is 1. The molecule has 1 fully saturated rings. The van der Waals surface area contributed by atoms with Crippen LogP contribution in [0.3, 0.4) is 0 Å². The maximum absolute atomic E-state index is 13.1. The molecule has 1 heterocycles. The number of carbonyl (C=O) groups is 1. The topological polar surface area (TPSA) is 101 Å². The molecule has 11 heteroatoms. The van der Waals surface area contributed by atoms with Gasteiger partial charge >= 0.3 is 16.3 Å². The SMILES string of the molecule is C=CCOC(=O)N1C[C@@H](SC(c2ccccc2)(c2ccccc2)c2ccccc2)C[C@@H]1C/C=N\ONS(=O)(=O)N(C)C. The summed E-state index contributed by atoms with van der Waals surface area (Å²) in [7, 11) is -1.04. The predicted octanol–water partition coefficient (Wildman–Crippen LogP) is 5.18. The lowest BCUT2D eigenvalue weighted by Crippen LogP contribution is -2.37. The van der Waals surface area contributed by atoms with Crippen molar-refractivity contribution in [1.29, 1.82) is 0 Å². The molecule has 0 spiro atoms. The highest BCUT2D eigenvalue weighted by Crippen LogP contribution is 2.52. The molecule has 0 aromatic heterocycles. The number of benzene rings is 3. The summed E-state index contributed by atoms with van der Waals surface area (Å²) in [5.74, 6) is 0. The Labute approximate surface area is 252 Å². The van der Waals surface area contributed by atoms with Crippen molar-refractivity contribution in [3.63, 3.8) is 0 Å². The van der Waals surface area contributed by atoms with Crippen molar-refractivity contribution in [3.05, 3.63) is 120 Å². The lowest BCUT2D eigenvalue weighted by Gasteiger charge is -2.37. The smallest absolute Gasteiger partial charge is 0.410 e. The molecule has 1 N–H and O–H groups in total. The first-order valence-corrected chi connectivity index (χ1v) is 15.9. The van der Waals surface area contributed by atoms with Crippen molar-refractivity contribution < 1.29 is 22.9 Å². The van der Waals surface area contributed by atoms with Crippen molar-refractivity contribution in [3.8, 4) is 0 Å². The number of ether oxygens (including phenoxy) is 1. The Kier molecular flexibility index (Phi) is 10.8. The number of amides is 1. The van der Waals surface area contributed by atoms with E-state index in [1.54, 1.807) is 4.90 Å². The largest absolute Gasteiger partial charge is 0.445 e. The molecule has 3 aromatic rings. The summed E-state index contributed by atoms with van der Waals surface area (Å²) in [6.07, 6.45) is 3.57. The molecule has 0 bridgehead atoms. The number of hydrogen-bond acceptors (Lipinski definition) is 7. The second-order valence-corrected chi connectivity index (χ2v) is 13.3. The van der Waals surface area contributed by atoms with Gasteiger partial charge in [0, 0.05) is 44.6 Å². The fourth-order valence-corrected chi connectivity index (χ4v) is 7.09. The van der Waals surface area contributed by atoms with Crippen molar-refractivity contribution in [2.45, 2.75) is 28.9 Å². The molecular formula is C31H36N4O5S2. The average molecular weight is 609 g/mol. The standard InChI is InChI=1S/C31H36N4O5S2/c1-4-22-39-30(36)35-24-29(23-28(35)20-21-32-40-33-42(37,38)34(2)3)41-31(25-14-8-5-9-15-25,26-16-10-6-11-17-26)27-18-12-7-13-19-27/h4-19,21,28-29,33H,1,20,22-24H2,2-3H3/b32-21-/t28-,29-/m0/s1. The van der Waals surface area contributed by atoms with Crippen LogP contribution in [-0.4, -0.2) is 68.5 Å². The Morgan fingerprint density at radius 2 is 1.55 bits per heavy atom. The number of hydrogen-bond donors (Lipinski definition) is 1. The van der Waals surface area contributed by atoms with Gasteiger partial charge in [0.05, 0.1) is 4.75 Å². The molecular weight excluding hydrogens is 572 g/mol. The number of rotatable bonds is 13. The third-order valence-electron chi connectivity index (χ3n) is 6.95.